The first-order valence-electron chi connectivity index (χ1n) is 10.7. The van der Waals surface area contributed by atoms with E-state index in [4.69, 9.17) is 35.6 Å². The maximum absolute atomic E-state index is 12.1. The van der Waals surface area contributed by atoms with Gasteiger partial charge in [-0.1, -0.05) is 13.8 Å². The van der Waals surface area contributed by atoms with E-state index in [9.17, 15) is 32.8 Å². The van der Waals surface area contributed by atoms with Crippen LogP contribution in [0.3, 0.4) is 0 Å². The van der Waals surface area contributed by atoms with Crippen LogP contribution in [-0.4, -0.2) is 62.9 Å². The number of nitrogen functional groups attached to an aromatic ring is 1. The molecule has 1 aromatic carbocycles. The molecule has 208 valence electrons. The number of benzene rings is 1. The Morgan fingerprint density at radius 2 is 1.58 bits per heavy atom. The largest absolute Gasteiger partial charge is 0.481 e. The van der Waals surface area contributed by atoms with E-state index < -0.39 is 54.6 Å². The number of ether oxygens (including phenoxy) is 1. The number of carbonyl (C=O) groups excluding carboxylic acids is 2. The summed E-state index contributed by atoms with van der Waals surface area (Å²) in [5.41, 5.74) is 5.79. The van der Waals surface area contributed by atoms with Gasteiger partial charge >= 0.3 is 29.8 Å². The van der Waals surface area contributed by atoms with Gasteiger partial charge in [-0.25, -0.2) is 14.4 Å². The normalized spacial score (nSPS) is 10.9. The minimum absolute atomic E-state index is 0.0563. The third-order valence-electron chi connectivity index (χ3n) is 3.96. The number of carbonyl (C=O) groups is 5. The van der Waals surface area contributed by atoms with Gasteiger partial charge in [0.15, 0.2) is 0 Å². The maximum Gasteiger partial charge on any atom is 0.379 e. The lowest BCUT2D eigenvalue weighted by Gasteiger charge is -2.11. The molecule has 7 N–H and O–H groups in total. The minimum atomic E-state index is -3.58. The van der Waals surface area contributed by atoms with Crippen LogP contribution >= 0.6 is 0 Å². The molecule has 1 atom stereocenters. The molecular formula is C23H27F2N3O10. The second kappa shape index (κ2) is 15.3. The zero-order chi connectivity index (χ0) is 29.6. The summed E-state index contributed by atoms with van der Waals surface area (Å²) < 4.78 is 32.8. The molecule has 0 saturated heterocycles. The Hall–Kier alpha value is -4.82. The number of hydrogen-bond donors (Lipinski definition) is 6. The van der Waals surface area contributed by atoms with Gasteiger partial charge in [0.2, 0.25) is 11.7 Å². The smallest absolute Gasteiger partial charge is 0.379 e. The Bertz CT molecular complexity index is 1140. The van der Waals surface area contributed by atoms with Gasteiger partial charge in [-0.3, -0.25) is 15.0 Å². The molecule has 13 nitrogen and oxygen atoms in total. The average molecular weight is 543 g/mol. The summed E-state index contributed by atoms with van der Waals surface area (Å²) in [5.74, 6) is -10.2. The molecule has 0 fully saturated rings. The molecule has 0 aliphatic rings. The summed E-state index contributed by atoms with van der Waals surface area (Å²) in [6, 6.07) is 6.92. The number of nitrogens with two attached hydrogens (primary N) is 1. The Kier molecular flexibility index (Phi) is 13.4. The first-order chi connectivity index (χ1) is 17.6. The lowest BCUT2D eigenvalue weighted by molar-refractivity contribution is -0.162. The van der Waals surface area contributed by atoms with E-state index in [1.54, 1.807) is 0 Å². The van der Waals surface area contributed by atoms with Gasteiger partial charge < -0.3 is 35.5 Å². The number of halogens is 2. The lowest BCUT2D eigenvalue weighted by Crippen LogP contribution is -2.42. The van der Waals surface area contributed by atoms with Gasteiger partial charge in [-0.05, 0) is 36.4 Å². The van der Waals surface area contributed by atoms with E-state index in [1.165, 1.54) is 36.4 Å². The molecule has 0 unspecified atom stereocenters. The maximum atomic E-state index is 12.1. The highest BCUT2D eigenvalue weighted by molar-refractivity contribution is 5.95. The molecule has 0 aliphatic carbocycles. The number of rotatable bonds is 10. The number of carboxylic acids is 3. The molecule has 2 rings (SSSR count). The van der Waals surface area contributed by atoms with Gasteiger partial charge in [0, 0.05) is 12.5 Å². The number of amidine groups is 1. The van der Waals surface area contributed by atoms with Crippen molar-refractivity contribution in [2.75, 3.05) is 0 Å². The Morgan fingerprint density at radius 3 is 2.00 bits per heavy atom. The van der Waals surface area contributed by atoms with Crippen LogP contribution in [-0.2, 0) is 25.6 Å². The first-order valence-corrected chi connectivity index (χ1v) is 10.7. The highest BCUT2D eigenvalue weighted by atomic mass is 19.3. The predicted octanol–water partition coefficient (Wildman–Crippen LogP) is 2.12. The summed E-state index contributed by atoms with van der Waals surface area (Å²) in [4.78, 5) is 54.9. The quantitative estimate of drug-likeness (QED) is 0.110. The predicted molar refractivity (Wildman–Crippen MR) is 126 cm³/mol. The van der Waals surface area contributed by atoms with Crippen molar-refractivity contribution >= 4 is 35.6 Å². The van der Waals surface area contributed by atoms with Crippen molar-refractivity contribution in [2.24, 2.45) is 5.73 Å². The first kappa shape index (κ1) is 33.2. The van der Waals surface area contributed by atoms with Crippen LogP contribution in [0.5, 0.6) is 5.75 Å². The summed E-state index contributed by atoms with van der Waals surface area (Å²) in [5, 5.41) is 34.4. The molecule has 0 aliphatic heterocycles. The van der Waals surface area contributed by atoms with Crippen molar-refractivity contribution in [2.45, 2.75) is 45.6 Å². The van der Waals surface area contributed by atoms with Crippen molar-refractivity contribution in [3.05, 3.63) is 53.5 Å². The number of alkyl halides is 2. The Balaban J connectivity index is 0.00000132. The molecule has 38 heavy (non-hydrogen) atoms. The number of nitrogens with one attached hydrogen (secondary N) is 2. The molecule has 15 heteroatoms. The standard InChI is InChI=1S/C18H17N3O8.C3H4F2O2.C2H6/c19-16(20)9-1-3-10(4-2-9)29-18(27)13-6-5-11(28-13)7-14(22)21-12(17(25)26)8-15(23)24;1-3(4,5)2(6)7;1-2/h1-6,12H,7-8H2,(H3,19,20)(H,21,22)(H,23,24)(H,25,26);1H3,(H,6,7);1-2H3/t12-;;/m0../s1. The number of furan rings is 1. The van der Waals surface area contributed by atoms with Crippen molar-refractivity contribution in [3.8, 4) is 5.75 Å². The summed E-state index contributed by atoms with van der Waals surface area (Å²) in [6.07, 6.45) is -1.18. The number of hydrogen-bond acceptors (Lipinski definition) is 8. The monoisotopic (exact) mass is 543 g/mol. The lowest BCUT2D eigenvalue weighted by atomic mass is 10.2. The van der Waals surface area contributed by atoms with Gasteiger partial charge in [0.25, 0.3) is 0 Å². The third-order valence-corrected chi connectivity index (χ3v) is 3.96. The zero-order valence-corrected chi connectivity index (χ0v) is 20.5. The molecule has 0 radical (unpaired) electrons. The topological polar surface area (TPSA) is 230 Å². The highest BCUT2D eigenvalue weighted by Crippen LogP contribution is 2.16. The number of amides is 1. The second-order valence-corrected chi connectivity index (χ2v) is 7.02. The number of carboxylic acid groups (broad SMARTS) is 3. The van der Waals surface area contributed by atoms with Crippen LogP contribution in [0.2, 0.25) is 0 Å². The fourth-order valence-corrected chi connectivity index (χ4v) is 2.22. The molecule has 1 heterocycles. The van der Waals surface area contributed by atoms with Crippen LogP contribution in [0.1, 0.15) is 49.1 Å². The van der Waals surface area contributed by atoms with Crippen LogP contribution in [0, 0.1) is 5.41 Å². The number of esters is 1. The van der Waals surface area contributed by atoms with E-state index in [0.717, 1.165) is 0 Å². The Morgan fingerprint density at radius 1 is 1.05 bits per heavy atom. The van der Waals surface area contributed by atoms with Crippen molar-refractivity contribution in [1.82, 2.24) is 5.32 Å². The van der Waals surface area contributed by atoms with Crippen molar-refractivity contribution in [1.29, 1.82) is 5.41 Å². The average Bonchev–Trinajstić information content (AvgIpc) is 3.28. The van der Waals surface area contributed by atoms with Crippen LogP contribution in [0.4, 0.5) is 8.78 Å². The second-order valence-electron chi connectivity index (χ2n) is 7.02. The fourth-order valence-electron chi connectivity index (χ4n) is 2.22. The van der Waals surface area contributed by atoms with E-state index >= 15 is 0 Å². The van der Waals surface area contributed by atoms with Gasteiger partial charge in [-0.15, -0.1) is 0 Å². The summed E-state index contributed by atoms with van der Waals surface area (Å²) in [6.45, 7) is 4.33. The van der Waals surface area contributed by atoms with Crippen LogP contribution < -0.4 is 15.8 Å². The third kappa shape index (κ3) is 12.2. The van der Waals surface area contributed by atoms with E-state index in [2.05, 4.69) is 5.32 Å². The summed E-state index contributed by atoms with van der Waals surface area (Å²) >= 11 is 0. The van der Waals surface area contributed by atoms with E-state index in [1.807, 2.05) is 13.8 Å². The minimum Gasteiger partial charge on any atom is -0.481 e. The molecule has 2 aromatic rings. The zero-order valence-electron chi connectivity index (χ0n) is 20.5. The van der Waals surface area contributed by atoms with Crippen LogP contribution in [0.25, 0.3) is 0 Å². The van der Waals surface area contributed by atoms with E-state index in [0.29, 0.717) is 12.5 Å². The van der Waals surface area contributed by atoms with Gasteiger partial charge in [-0.2, -0.15) is 8.78 Å². The fraction of sp³-hybridized carbons (Fsp3) is 0.304. The van der Waals surface area contributed by atoms with Gasteiger partial charge in [0.1, 0.15) is 23.4 Å². The Labute approximate surface area is 214 Å². The molecule has 0 bridgehead atoms. The highest BCUT2D eigenvalue weighted by Gasteiger charge is 2.31. The van der Waals surface area contributed by atoms with E-state index in [-0.39, 0.29) is 23.1 Å². The summed E-state index contributed by atoms with van der Waals surface area (Å²) in [7, 11) is 0. The number of aliphatic carboxylic acids is 3. The van der Waals surface area contributed by atoms with Crippen molar-refractivity contribution in [3.63, 3.8) is 0 Å². The molecule has 1 aromatic heterocycles. The van der Waals surface area contributed by atoms with Crippen LogP contribution in [0.15, 0.2) is 40.8 Å². The SMILES string of the molecule is CC.CC(F)(F)C(=O)O.N=C(N)c1ccc(OC(=O)c2ccc(CC(=O)N[C@@H](CC(=O)O)C(=O)O)o2)cc1. The molecule has 0 spiro atoms. The molecular weight excluding hydrogens is 516 g/mol. The van der Waals surface area contributed by atoms with Gasteiger partial charge in [0.05, 0.1) is 12.8 Å². The molecule has 1 amide bonds. The van der Waals surface area contributed by atoms with Crippen molar-refractivity contribution < 1.29 is 57.2 Å². The molecule has 0 saturated carbocycles.